The summed E-state index contributed by atoms with van der Waals surface area (Å²) in [5.74, 6) is 1.87. The average Bonchev–Trinajstić information content (AvgIpc) is 2.93. The highest BCUT2D eigenvalue weighted by Crippen LogP contribution is 2.25. The predicted octanol–water partition coefficient (Wildman–Crippen LogP) is 4.47. The van der Waals surface area contributed by atoms with E-state index in [9.17, 15) is 0 Å². The van der Waals surface area contributed by atoms with Crippen molar-refractivity contribution in [3.05, 3.63) is 53.5 Å². The lowest BCUT2D eigenvalue weighted by molar-refractivity contribution is 0.317. The third-order valence-electron chi connectivity index (χ3n) is 3.37. The first-order valence-electron chi connectivity index (χ1n) is 7.75. The van der Waals surface area contributed by atoms with Gasteiger partial charge in [0.25, 0.3) is 0 Å². The molecule has 0 saturated carbocycles. The Kier molecular flexibility index (Phi) is 5.88. The number of aryl methyl sites for hydroxylation is 1. The van der Waals surface area contributed by atoms with Crippen molar-refractivity contribution in [2.45, 2.75) is 39.7 Å². The first-order chi connectivity index (χ1) is 10.2. The molecule has 0 amide bonds. The van der Waals surface area contributed by atoms with Gasteiger partial charge in [-0.15, -0.1) is 0 Å². The number of hydrogen-bond donors (Lipinski definition) is 1. The third kappa shape index (κ3) is 4.36. The number of ether oxygens (including phenoxy) is 1. The zero-order valence-corrected chi connectivity index (χ0v) is 13.2. The number of benzene rings is 1. The Balaban J connectivity index is 2.16. The molecule has 0 saturated heterocycles. The van der Waals surface area contributed by atoms with Crippen LogP contribution in [0.5, 0.6) is 5.75 Å². The monoisotopic (exact) mass is 287 g/mol. The smallest absolute Gasteiger partial charge is 0.119 e. The highest BCUT2D eigenvalue weighted by Gasteiger charge is 2.15. The summed E-state index contributed by atoms with van der Waals surface area (Å²) in [6, 6.07) is 10.6. The van der Waals surface area contributed by atoms with E-state index in [0.29, 0.717) is 0 Å². The summed E-state index contributed by atoms with van der Waals surface area (Å²) in [6.07, 6.45) is 3.96. The maximum atomic E-state index is 5.64. The molecule has 1 atom stereocenters. The van der Waals surface area contributed by atoms with Gasteiger partial charge in [0.15, 0.2) is 0 Å². The summed E-state index contributed by atoms with van der Waals surface area (Å²) in [6.45, 7) is 8.00. The summed E-state index contributed by atoms with van der Waals surface area (Å²) >= 11 is 0. The van der Waals surface area contributed by atoms with Crippen molar-refractivity contribution >= 4 is 0 Å². The van der Waals surface area contributed by atoms with E-state index in [0.717, 1.165) is 37.5 Å². The number of nitrogens with one attached hydrogen (secondary N) is 1. The Labute approximate surface area is 127 Å². The fourth-order valence-corrected chi connectivity index (χ4v) is 2.31. The zero-order valence-electron chi connectivity index (χ0n) is 13.2. The van der Waals surface area contributed by atoms with Crippen molar-refractivity contribution in [2.75, 3.05) is 13.2 Å². The minimum absolute atomic E-state index is 0.169. The fraction of sp³-hybridized carbons (Fsp3) is 0.444. The van der Waals surface area contributed by atoms with Gasteiger partial charge in [-0.1, -0.05) is 26.0 Å². The Morgan fingerprint density at radius 3 is 2.43 bits per heavy atom. The molecule has 21 heavy (non-hydrogen) atoms. The topological polar surface area (TPSA) is 34.4 Å². The summed E-state index contributed by atoms with van der Waals surface area (Å²) in [7, 11) is 0. The highest BCUT2D eigenvalue weighted by molar-refractivity contribution is 5.35. The SMILES string of the molecule is CCCNC(c1ccc(OCCC)cc1)c1coc(C)c1. The van der Waals surface area contributed by atoms with Crippen LogP contribution in [0.4, 0.5) is 0 Å². The van der Waals surface area contributed by atoms with Crippen LogP contribution in [-0.2, 0) is 0 Å². The van der Waals surface area contributed by atoms with Crippen molar-refractivity contribution in [1.29, 1.82) is 0 Å². The van der Waals surface area contributed by atoms with Crippen LogP contribution in [0.2, 0.25) is 0 Å². The van der Waals surface area contributed by atoms with Crippen LogP contribution in [0.3, 0.4) is 0 Å². The van der Waals surface area contributed by atoms with Gasteiger partial charge in [0.1, 0.15) is 11.5 Å². The molecular formula is C18H25NO2. The molecule has 1 aromatic heterocycles. The molecule has 0 aliphatic heterocycles. The second-order valence-electron chi connectivity index (χ2n) is 5.30. The molecule has 1 aromatic carbocycles. The van der Waals surface area contributed by atoms with E-state index in [1.54, 1.807) is 0 Å². The van der Waals surface area contributed by atoms with Crippen molar-refractivity contribution in [3.8, 4) is 5.75 Å². The molecule has 1 heterocycles. The van der Waals surface area contributed by atoms with E-state index in [1.807, 2.05) is 25.3 Å². The van der Waals surface area contributed by atoms with Crippen LogP contribution >= 0.6 is 0 Å². The van der Waals surface area contributed by atoms with E-state index < -0.39 is 0 Å². The number of furan rings is 1. The summed E-state index contributed by atoms with van der Waals surface area (Å²) in [5, 5.41) is 3.58. The summed E-state index contributed by atoms with van der Waals surface area (Å²) in [4.78, 5) is 0. The van der Waals surface area contributed by atoms with Crippen LogP contribution in [0.1, 0.15) is 49.6 Å². The molecule has 0 spiro atoms. The Bertz CT molecular complexity index is 530. The minimum atomic E-state index is 0.169. The fourth-order valence-electron chi connectivity index (χ4n) is 2.31. The van der Waals surface area contributed by atoms with Crippen LogP contribution in [-0.4, -0.2) is 13.2 Å². The van der Waals surface area contributed by atoms with Crippen molar-refractivity contribution in [2.24, 2.45) is 0 Å². The van der Waals surface area contributed by atoms with Gasteiger partial charge in [-0.3, -0.25) is 0 Å². The molecule has 1 unspecified atom stereocenters. The normalized spacial score (nSPS) is 12.3. The lowest BCUT2D eigenvalue weighted by Gasteiger charge is -2.18. The quantitative estimate of drug-likeness (QED) is 0.778. The lowest BCUT2D eigenvalue weighted by Crippen LogP contribution is -2.22. The zero-order chi connectivity index (χ0) is 15.1. The molecule has 114 valence electrons. The molecule has 3 heteroatoms. The van der Waals surface area contributed by atoms with Crippen LogP contribution in [0, 0.1) is 6.92 Å². The molecule has 2 aromatic rings. The average molecular weight is 287 g/mol. The summed E-state index contributed by atoms with van der Waals surface area (Å²) < 4.78 is 11.1. The highest BCUT2D eigenvalue weighted by atomic mass is 16.5. The number of hydrogen-bond acceptors (Lipinski definition) is 3. The minimum Gasteiger partial charge on any atom is -0.494 e. The predicted molar refractivity (Wildman–Crippen MR) is 85.8 cm³/mol. The molecule has 3 nitrogen and oxygen atoms in total. The van der Waals surface area contributed by atoms with Gasteiger partial charge in [0, 0.05) is 5.56 Å². The molecule has 1 N–H and O–H groups in total. The van der Waals surface area contributed by atoms with Gasteiger partial charge in [0.05, 0.1) is 18.9 Å². The van der Waals surface area contributed by atoms with Crippen LogP contribution in [0.15, 0.2) is 41.0 Å². The molecule has 0 aliphatic carbocycles. The third-order valence-corrected chi connectivity index (χ3v) is 3.37. The largest absolute Gasteiger partial charge is 0.494 e. The number of rotatable bonds is 8. The first kappa shape index (κ1) is 15.6. The Morgan fingerprint density at radius 1 is 1.10 bits per heavy atom. The second kappa shape index (κ2) is 7.89. The van der Waals surface area contributed by atoms with Crippen molar-refractivity contribution in [1.82, 2.24) is 5.32 Å². The Morgan fingerprint density at radius 2 is 1.86 bits per heavy atom. The van der Waals surface area contributed by atoms with E-state index in [-0.39, 0.29) is 6.04 Å². The van der Waals surface area contributed by atoms with Gasteiger partial charge in [-0.2, -0.15) is 0 Å². The molecule has 0 fully saturated rings. The van der Waals surface area contributed by atoms with E-state index in [4.69, 9.17) is 9.15 Å². The summed E-state index contributed by atoms with van der Waals surface area (Å²) in [5.41, 5.74) is 2.40. The van der Waals surface area contributed by atoms with Crippen molar-refractivity contribution < 1.29 is 9.15 Å². The molecule has 0 radical (unpaired) electrons. The Hall–Kier alpha value is -1.74. The maximum absolute atomic E-state index is 5.64. The van der Waals surface area contributed by atoms with Gasteiger partial charge in [-0.25, -0.2) is 0 Å². The molecule has 0 aliphatic rings. The van der Waals surface area contributed by atoms with E-state index in [2.05, 4.69) is 37.4 Å². The molecule has 2 rings (SSSR count). The van der Waals surface area contributed by atoms with Gasteiger partial charge >= 0.3 is 0 Å². The van der Waals surface area contributed by atoms with Gasteiger partial charge in [0.2, 0.25) is 0 Å². The van der Waals surface area contributed by atoms with E-state index in [1.165, 1.54) is 11.1 Å². The van der Waals surface area contributed by atoms with Crippen LogP contribution in [0.25, 0.3) is 0 Å². The molecule has 0 bridgehead atoms. The first-order valence-corrected chi connectivity index (χ1v) is 7.75. The van der Waals surface area contributed by atoms with Gasteiger partial charge < -0.3 is 14.5 Å². The standard InChI is InChI=1S/C18H25NO2/c1-4-10-19-18(16-12-14(3)21-13-16)15-6-8-17(9-7-15)20-11-5-2/h6-9,12-13,18-19H,4-5,10-11H2,1-3H3. The van der Waals surface area contributed by atoms with E-state index >= 15 is 0 Å². The molecular weight excluding hydrogens is 262 g/mol. The lowest BCUT2D eigenvalue weighted by atomic mass is 10.0. The maximum Gasteiger partial charge on any atom is 0.119 e. The van der Waals surface area contributed by atoms with Crippen molar-refractivity contribution in [3.63, 3.8) is 0 Å². The van der Waals surface area contributed by atoms with Crippen LogP contribution < -0.4 is 10.1 Å². The van der Waals surface area contributed by atoms with Gasteiger partial charge in [-0.05, 0) is 50.1 Å². The second-order valence-corrected chi connectivity index (χ2v) is 5.30.